The van der Waals surface area contributed by atoms with E-state index in [1.165, 1.54) is 84.1 Å². The normalized spacial score (nSPS) is 25.2. The molecule has 0 spiro atoms. The highest BCUT2D eigenvalue weighted by Crippen LogP contribution is 2.18. The minimum atomic E-state index is 0.877. The fourth-order valence-electron chi connectivity index (χ4n) is 3.49. The molecule has 2 fully saturated rings. The van der Waals surface area contributed by atoms with Gasteiger partial charge in [0, 0.05) is 6.04 Å². The van der Waals surface area contributed by atoms with Crippen molar-refractivity contribution < 1.29 is 0 Å². The van der Waals surface area contributed by atoms with Crippen LogP contribution < -0.4 is 0 Å². The number of hydrogen-bond acceptors (Lipinski definition) is 2. The number of rotatable bonds is 6. The van der Waals surface area contributed by atoms with Gasteiger partial charge in [-0.25, -0.2) is 0 Å². The van der Waals surface area contributed by atoms with Gasteiger partial charge in [-0.05, 0) is 77.7 Å². The Labute approximate surface area is 107 Å². The molecular formula is C15H30N2. The van der Waals surface area contributed by atoms with E-state index < -0.39 is 0 Å². The van der Waals surface area contributed by atoms with Gasteiger partial charge in [-0.15, -0.1) is 0 Å². The summed E-state index contributed by atoms with van der Waals surface area (Å²) >= 11 is 0. The zero-order valence-corrected chi connectivity index (χ0v) is 11.7. The molecule has 2 heteroatoms. The van der Waals surface area contributed by atoms with Crippen LogP contribution in [-0.2, 0) is 0 Å². The standard InChI is InChI=1S/C15H30N2/c1-2-15(17-13-6-7-14-17)9-8-12-16-10-4-3-5-11-16/h15H,2-14H2,1H3. The van der Waals surface area contributed by atoms with Crippen LogP contribution in [0.5, 0.6) is 0 Å². The Morgan fingerprint density at radius 3 is 2.18 bits per heavy atom. The molecule has 0 aliphatic carbocycles. The molecule has 2 heterocycles. The summed E-state index contributed by atoms with van der Waals surface area (Å²) in [6.07, 6.45) is 11.4. The average Bonchev–Trinajstić information content (AvgIpc) is 2.90. The Morgan fingerprint density at radius 2 is 1.53 bits per heavy atom. The van der Waals surface area contributed by atoms with Gasteiger partial charge < -0.3 is 9.80 Å². The van der Waals surface area contributed by atoms with Crippen LogP contribution in [0.3, 0.4) is 0 Å². The average molecular weight is 238 g/mol. The number of piperidine rings is 1. The molecule has 2 aliphatic heterocycles. The Bertz CT molecular complexity index is 193. The molecule has 0 aromatic carbocycles. The van der Waals surface area contributed by atoms with Crippen LogP contribution in [0.2, 0.25) is 0 Å². The lowest BCUT2D eigenvalue weighted by molar-refractivity contribution is 0.191. The first-order chi connectivity index (χ1) is 8.40. The highest BCUT2D eigenvalue weighted by Gasteiger charge is 2.20. The van der Waals surface area contributed by atoms with E-state index in [0.29, 0.717) is 0 Å². The van der Waals surface area contributed by atoms with Crippen LogP contribution >= 0.6 is 0 Å². The topological polar surface area (TPSA) is 6.48 Å². The van der Waals surface area contributed by atoms with Crippen molar-refractivity contribution in [1.82, 2.24) is 9.80 Å². The fourth-order valence-corrected chi connectivity index (χ4v) is 3.49. The van der Waals surface area contributed by atoms with Crippen molar-refractivity contribution in [2.45, 2.75) is 64.3 Å². The Hall–Kier alpha value is -0.0800. The van der Waals surface area contributed by atoms with E-state index in [1.54, 1.807) is 0 Å². The van der Waals surface area contributed by atoms with E-state index in [2.05, 4.69) is 16.7 Å². The SMILES string of the molecule is CCC(CCCN1CCCCC1)N1CCCC1. The summed E-state index contributed by atoms with van der Waals surface area (Å²) < 4.78 is 0. The third-order valence-electron chi connectivity index (χ3n) is 4.59. The zero-order chi connectivity index (χ0) is 11.9. The molecule has 2 nitrogen and oxygen atoms in total. The minimum Gasteiger partial charge on any atom is -0.303 e. The van der Waals surface area contributed by atoms with Gasteiger partial charge in [-0.2, -0.15) is 0 Å². The molecule has 1 unspecified atom stereocenters. The van der Waals surface area contributed by atoms with E-state index in [1.807, 2.05) is 0 Å². The molecular weight excluding hydrogens is 208 g/mol. The molecule has 0 bridgehead atoms. The lowest BCUT2D eigenvalue weighted by Crippen LogP contribution is -2.34. The van der Waals surface area contributed by atoms with Crippen LogP contribution in [0.25, 0.3) is 0 Å². The van der Waals surface area contributed by atoms with Gasteiger partial charge in [0.1, 0.15) is 0 Å². The smallest absolute Gasteiger partial charge is 0.00931 e. The number of hydrogen-bond donors (Lipinski definition) is 0. The van der Waals surface area contributed by atoms with Crippen LogP contribution in [0.4, 0.5) is 0 Å². The Morgan fingerprint density at radius 1 is 0.882 bits per heavy atom. The monoisotopic (exact) mass is 238 g/mol. The molecule has 0 aromatic rings. The van der Waals surface area contributed by atoms with E-state index in [-0.39, 0.29) is 0 Å². The molecule has 0 aromatic heterocycles. The van der Waals surface area contributed by atoms with Crippen molar-refractivity contribution in [3.05, 3.63) is 0 Å². The fraction of sp³-hybridized carbons (Fsp3) is 1.00. The molecule has 0 N–H and O–H groups in total. The van der Waals surface area contributed by atoms with Gasteiger partial charge in [0.15, 0.2) is 0 Å². The second-order valence-electron chi connectivity index (χ2n) is 5.85. The van der Waals surface area contributed by atoms with Crippen molar-refractivity contribution in [2.24, 2.45) is 0 Å². The number of likely N-dealkylation sites (tertiary alicyclic amines) is 2. The molecule has 0 saturated carbocycles. The van der Waals surface area contributed by atoms with E-state index in [4.69, 9.17) is 0 Å². The largest absolute Gasteiger partial charge is 0.303 e. The Balaban J connectivity index is 1.61. The van der Waals surface area contributed by atoms with Gasteiger partial charge in [0.05, 0.1) is 0 Å². The summed E-state index contributed by atoms with van der Waals surface area (Å²) in [6.45, 7) is 9.17. The maximum absolute atomic E-state index is 2.73. The highest BCUT2D eigenvalue weighted by atomic mass is 15.2. The molecule has 100 valence electrons. The maximum atomic E-state index is 2.73. The summed E-state index contributed by atoms with van der Waals surface area (Å²) in [5, 5.41) is 0. The third-order valence-corrected chi connectivity index (χ3v) is 4.59. The first-order valence-electron chi connectivity index (χ1n) is 7.86. The highest BCUT2D eigenvalue weighted by molar-refractivity contribution is 4.76. The third kappa shape index (κ3) is 4.26. The zero-order valence-electron chi connectivity index (χ0n) is 11.7. The van der Waals surface area contributed by atoms with Crippen molar-refractivity contribution in [1.29, 1.82) is 0 Å². The lowest BCUT2D eigenvalue weighted by atomic mass is 10.1. The lowest BCUT2D eigenvalue weighted by Gasteiger charge is -2.29. The van der Waals surface area contributed by atoms with E-state index in [0.717, 1.165) is 6.04 Å². The van der Waals surface area contributed by atoms with Gasteiger partial charge in [0.2, 0.25) is 0 Å². The van der Waals surface area contributed by atoms with Gasteiger partial charge in [0.25, 0.3) is 0 Å². The van der Waals surface area contributed by atoms with Crippen LogP contribution in [0.1, 0.15) is 58.3 Å². The number of nitrogens with zero attached hydrogens (tertiary/aromatic N) is 2. The summed E-state index contributed by atoms with van der Waals surface area (Å²) in [5.74, 6) is 0. The van der Waals surface area contributed by atoms with Crippen molar-refractivity contribution in [2.75, 3.05) is 32.7 Å². The van der Waals surface area contributed by atoms with Crippen molar-refractivity contribution in [3.63, 3.8) is 0 Å². The predicted molar refractivity (Wildman–Crippen MR) is 74.4 cm³/mol. The molecule has 2 rings (SSSR count). The van der Waals surface area contributed by atoms with Crippen molar-refractivity contribution >= 4 is 0 Å². The molecule has 17 heavy (non-hydrogen) atoms. The summed E-state index contributed by atoms with van der Waals surface area (Å²) in [4.78, 5) is 5.41. The minimum absolute atomic E-state index is 0.877. The quantitative estimate of drug-likeness (QED) is 0.701. The molecule has 2 saturated heterocycles. The summed E-state index contributed by atoms with van der Waals surface area (Å²) in [5.41, 5.74) is 0. The Kier molecular flexibility index (Phi) is 5.79. The molecule has 1 atom stereocenters. The molecule has 2 aliphatic rings. The first-order valence-corrected chi connectivity index (χ1v) is 7.86. The summed E-state index contributed by atoms with van der Waals surface area (Å²) in [6, 6.07) is 0.877. The van der Waals surface area contributed by atoms with Crippen LogP contribution in [-0.4, -0.2) is 48.6 Å². The van der Waals surface area contributed by atoms with Gasteiger partial charge >= 0.3 is 0 Å². The van der Waals surface area contributed by atoms with E-state index >= 15 is 0 Å². The summed E-state index contributed by atoms with van der Waals surface area (Å²) in [7, 11) is 0. The van der Waals surface area contributed by atoms with Crippen LogP contribution in [0, 0.1) is 0 Å². The molecule has 0 radical (unpaired) electrons. The van der Waals surface area contributed by atoms with Crippen LogP contribution in [0.15, 0.2) is 0 Å². The van der Waals surface area contributed by atoms with E-state index in [9.17, 15) is 0 Å². The van der Waals surface area contributed by atoms with Gasteiger partial charge in [-0.3, -0.25) is 0 Å². The van der Waals surface area contributed by atoms with Gasteiger partial charge in [-0.1, -0.05) is 13.3 Å². The van der Waals surface area contributed by atoms with Crippen molar-refractivity contribution in [3.8, 4) is 0 Å². The first kappa shape index (κ1) is 13.4. The predicted octanol–water partition coefficient (Wildman–Crippen LogP) is 3.13. The maximum Gasteiger partial charge on any atom is 0.00931 e. The second-order valence-corrected chi connectivity index (χ2v) is 5.85. The molecule has 0 amide bonds. The second kappa shape index (κ2) is 7.38.